The van der Waals surface area contributed by atoms with E-state index < -0.39 is 72.9 Å². The molecular formula is C17H19B2F2N3O8P+. The molecule has 0 aromatic carbocycles. The van der Waals surface area contributed by atoms with Gasteiger partial charge in [0, 0.05) is 0 Å². The van der Waals surface area contributed by atoms with Crippen molar-refractivity contribution in [3.05, 3.63) is 32.9 Å². The monoisotopic (exact) mass is 484 g/mol. The van der Waals surface area contributed by atoms with Crippen LogP contribution < -0.4 is 16.3 Å². The van der Waals surface area contributed by atoms with Crippen LogP contribution >= 0.6 is 8.18 Å². The number of carbonyl (C=O) groups is 1. The number of hydrogen-bond donors (Lipinski definition) is 3. The SMILES string of the molecule is [B]C([B])(O[P+](=O)N[C@@H](C)C(=O)OC(C)C)C1O[C@@H](n2cc(F)c(=O)[nH]c2=O)C(F)(C#C)[C@H]1O. The lowest BCUT2D eigenvalue weighted by Crippen LogP contribution is -2.53. The third-order valence-electron chi connectivity index (χ3n) is 4.44. The van der Waals surface area contributed by atoms with Gasteiger partial charge in [0.2, 0.25) is 11.5 Å². The highest BCUT2D eigenvalue weighted by Gasteiger charge is 2.62. The molecule has 1 aromatic heterocycles. The van der Waals surface area contributed by atoms with Crippen molar-refractivity contribution in [1.82, 2.24) is 14.6 Å². The topological polar surface area (TPSA) is 149 Å². The van der Waals surface area contributed by atoms with Gasteiger partial charge in [-0.2, -0.15) is 4.39 Å². The van der Waals surface area contributed by atoms with E-state index in [1.54, 1.807) is 24.8 Å². The molecule has 0 saturated carbocycles. The van der Waals surface area contributed by atoms with E-state index in [4.69, 9.17) is 36.1 Å². The Bertz CT molecular complexity index is 1090. The minimum atomic E-state index is -3.21. The van der Waals surface area contributed by atoms with Crippen molar-refractivity contribution < 1.29 is 37.2 Å². The van der Waals surface area contributed by atoms with Crippen molar-refractivity contribution in [3.63, 3.8) is 0 Å². The zero-order chi connectivity index (χ0) is 25.3. The van der Waals surface area contributed by atoms with Crippen LogP contribution in [0.3, 0.4) is 0 Å². The van der Waals surface area contributed by atoms with E-state index in [0.29, 0.717) is 6.20 Å². The van der Waals surface area contributed by atoms with Crippen LogP contribution in [0.1, 0.15) is 27.0 Å². The lowest BCUT2D eigenvalue weighted by Gasteiger charge is -2.29. The fourth-order valence-corrected chi connectivity index (χ4v) is 3.72. The number of H-pyrrole nitrogens is 1. The summed E-state index contributed by atoms with van der Waals surface area (Å²) in [7, 11) is 8.45. The van der Waals surface area contributed by atoms with E-state index in [2.05, 4.69) is 5.09 Å². The van der Waals surface area contributed by atoms with Crippen LogP contribution in [0.15, 0.2) is 15.8 Å². The first kappa shape index (κ1) is 26.9. The highest BCUT2D eigenvalue weighted by molar-refractivity contribution is 7.37. The summed E-state index contributed by atoms with van der Waals surface area (Å²) >= 11 is 0. The highest BCUT2D eigenvalue weighted by atomic mass is 31.1. The van der Waals surface area contributed by atoms with Gasteiger partial charge in [0.15, 0.2) is 6.23 Å². The van der Waals surface area contributed by atoms with E-state index >= 15 is 4.39 Å². The van der Waals surface area contributed by atoms with Crippen LogP contribution in [0.4, 0.5) is 8.78 Å². The maximum absolute atomic E-state index is 15.5. The number of hydrogen-bond acceptors (Lipinski definition) is 8. The first-order valence-electron chi connectivity index (χ1n) is 9.36. The predicted octanol–water partition coefficient (Wildman–Crippen LogP) is -1.13. The van der Waals surface area contributed by atoms with E-state index in [1.165, 1.54) is 6.92 Å². The van der Waals surface area contributed by atoms with Crippen molar-refractivity contribution in [2.24, 2.45) is 0 Å². The van der Waals surface area contributed by atoms with E-state index in [-0.39, 0.29) is 4.57 Å². The molecule has 0 bridgehead atoms. The third-order valence-corrected chi connectivity index (χ3v) is 5.52. The number of aliphatic hydroxyl groups excluding tert-OH is 1. The lowest BCUT2D eigenvalue weighted by molar-refractivity contribution is -0.149. The molecule has 3 unspecified atom stereocenters. The standard InChI is InChI=1S/C17H18B2F2N3O8P/c1-5-16(21)10(25)11(31-14(16)24-6-9(20)12(26)22-15(24)28)17(18,19)32-33(29)23-8(4)13(27)30-7(2)3/h1,6-8,10-11,14,25H,2-4H3,(H-,22,23,26,28,29)/p+1/t8-,10-,11?,14+,16?/m0/s1. The van der Waals surface area contributed by atoms with Gasteiger partial charge in [-0.15, -0.1) is 10.9 Å². The number of nitrogens with zero attached hydrogens (tertiary/aromatic N) is 1. The Morgan fingerprint density at radius 1 is 1.48 bits per heavy atom. The first-order chi connectivity index (χ1) is 15.1. The van der Waals surface area contributed by atoms with Crippen molar-refractivity contribution in [2.45, 2.75) is 62.4 Å². The van der Waals surface area contributed by atoms with Crippen molar-refractivity contribution in [1.29, 1.82) is 0 Å². The Balaban J connectivity index is 2.27. The summed E-state index contributed by atoms with van der Waals surface area (Å²) in [5, 5.41) is 9.94. The zero-order valence-corrected chi connectivity index (χ0v) is 18.5. The summed E-state index contributed by atoms with van der Waals surface area (Å²) < 4.78 is 56.7. The highest BCUT2D eigenvalue weighted by Crippen LogP contribution is 2.45. The van der Waals surface area contributed by atoms with Crippen molar-refractivity contribution in [3.8, 4) is 12.3 Å². The summed E-state index contributed by atoms with van der Waals surface area (Å²) in [5.41, 5.74) is -5.91. The average molecular weight is 484 g/mol. The molecule has 33 heavy (non-hydrogen) atoms. The molecule has 0 spiro atoms. The molecule has 2 heterocycles. The molecule has 4 radical (unpaired) electrons. The number of nitrogens with one attached hydrogen (secondary N) is 2. The molecule has 2 rings (SSSR count). The molecule has 3 N–H and O–H groups in total. The summed E-state index contributed by atoms with van der Waals surface area (Å²) in [5.74, 6) is -0.665. The molecule has 11 nitrogen and oxygen atoms in total. The van der Waals surface area contributed by atoms with Crippen LogP contribution in [-0.4, -0.2) is 71.7 Å². The largest absolute Gasteiger partial charge is 0.612 e. The molecule has 6 atom stereocenters. The molecule has 1 aliphatic rings. The Kier molecular flexibility index (Phi) is 8.04. The number of carbonyl (C=O) groups excluding carboxylic acids is 1. The zero-order valence-electron chi connectivity index (χ0n) is 17.7. The summed E-state index contributed by atoms with van der Waals surface area (Å²) in [4.78, 5) is 36.7. The molecular weight excluding hydrogens is 465 g/mol. The molecule has 1 fully saturated rings. The van der Waals surface area contributed by atoms with Gasteiger partial charge in [-0.25, -0.2) is 9.18 Å². The summed E-state index contributed by atoms with van der Waals surface area (Å²) in [6, 6.07) is -1.14. The number of alkyl halides is 1. The van der Waals surface area contributed by atoms with Crippen LogP contribution in [0, 0.1) is 18.2 Å². The number of esters is 1. The lowest BCUT2D eigenvalue weighted by atomic mass is 9.60. The Morgan fingerprint density at radius 2 is 2.09 bits per heavy atom. The third kappa shape index (κ3) is 5.59. The Hall–Kier alpha value is -2.36. The molecule has 1 aliphatic heterocycles. The van der Waals surface area contributed by atoms with E-state index in [0.717, 1.165) is 0 Å². The number of rotatable bonds is 8. The Labute approximate surface area is 189 Å². The average Bonchev–Trinajstić information content (AvgIpc) is 2.96. The van der Waals surface area contributed by atoms with E-state index in [1.807, 2.05) is 0 Å². The number of aromatic nitrogens is 2. The van der Waals surface area contributed by atoms with Gasteiger partial charge >= 0.3 is 19.8 Å². The van der Waals surface area contributed by atoms with Gasteiger partial charge in [0.25, 0.3) is 5.56 Å². The first-order valence-corrected chi connectivity index (χ1v) is 10.5. The minimum Gasteiger partial charge on any atom is -0.462 e. The summed E-state index contributed by atoms with van der Waals surface area (Å²) in [6.45, 7) is 4.49. The number of ether oxygens (including phenoxy) is 2. The molecule has 0 amide bonds. The van der Waals surface area contributed by atoms with Crippen LogP contribution in [0.25, 0.3) is 0 Å². The quantitative estimate of drug-likeness (QED) is 0.181. The van der Waals surface area contributed by atoms with Gasteiger partial charge in [-0.3, -0.25) is 19.1 Å². The minimum absolute atomic E-state index is 0.248. The van der Waals surface area contributed by atoms with Crippen LogP contribution in [-0.2, 0) is 23.4 Å². The van der Waals surface area contributed by atoms with Crippen molar-refractivity contribution >= 4 is 29.8 Å². The number of terminal acetylenes is 1. The van der Waals surface area contributed by atoms with Gasteiger partial charge < -0.3 is 14.6 Å². The second-order valence-corrected chi connectivity index (χ2v) is 8.40. The van der Waals surface area contributed by atoms with Crippen LogP contribution in [0.5, 0.6) is 0 Å². The fraction of sp³-hybridized carbons (Fsp3) is 0.588. The Morgan fingerprint density at radius 3 is 2.64 bits per heavy atom. The van der Waals surface area contributed by atoms with Crippen LogP contribution in [0.2, 0.25) is 0 Å². The fourth-order valence-electron chi connectivity index (χ4n) is 2.86. The molecule has 174 valence electrons. The number of aromatic amines is 1. The molecule has 1 aromatic rings. The predicted molar refractivity (Wildman–Crippen MR) is 111 cm³/mol. The molecule has 16 heteroatoms. The molecule has 0 aliphatic carbocycles. The van der Waals surface area contributed by atoms with Gasteiger partial charge in [0.05, 0.1) is 17.7 Å². The number of aliphatic hydroxyl groups is 1. The summed E-state index contributed by atoms with van der Waals surface area (Å²) in [6.07, 6.45) is -1.60. The normalized spacial score (nSPS) is 26.6. The van der Waals surface area contributed by atoms with Crippen molar-refractivity contribution in [2.75, 3.05) is 0 Å². The smallest absolute Gasteiger partial charge is 0.462 e. The van der Waals surface area contributed by atoms with E-state index in [9.17, 15) is 28.4 Å². The molecule has 1 saturated heterocycles. The second kappa shape index (κ2) is 9.87. The number of halogens is 2. The van der Waals surface area contributed by atoms with Gasteiger partial charge in [-0.1, -0.05) is 11.0 Å². The van der Waals surface area contributed by atoms with Gasteiger partial charge in [-0.05, 0) is 25.3 Å². The maximum atomic E-state index is 15.5. The second-order valence-electron chi connectivity index (χ2n) is 7.45. The van der Waals surface area contributed by atoms with Gasteiger partial charge in [0.1, 0.15) is 33.9 Å². The maximum Gasteiger partial charge on any atom is 0.612 e.